The van der Waals surface area contributed by atoms with Gasteiger partial charge in [0, 0.05) is 20.3 Å². The number of aromatic carboxylic acids is 1. The van der Waals surface area contributed by atoms with Gasteiger partial charge in [0.2, 0.25) is 0 Å². The summed E-state index contributed by atoms with van der Waals surface area (Å²) in [7, 11) is 1.58. The highest BCUT2D eigenvalue weighted by molar-refractivity contribution is 6.13. The van der Waals surface area contributed by atoms with Crippen molar-refractivity contribution in [2.75, 3.05) is 25.6 Å². The van der Waals surface area contributed by atoms with E-state index in [0.29, 0.717) is 30.8 Å². The zero-order chi connectivity index (χ0) is 18.9. The van der Waals surface area contributed by atoms with Crippen LogP contribution >= 0.6 is 0 Å². The van der Waals surface area contributed by atoms with Gasteiger partial charge in [-0.3, -0.25) is 9.59 Å². The second-order valence-corrected chi connectivity index (χ2v) is 5.45. The standard InChI is InChI=1S/C19H20N2O5/c1-26-12-6-11-20-17(22)15-9-4-5-10-16(15)21-18(23)13-7-2-3-8-14(13)19(24)25/h2-5,7-10H,6,11-12H2,1H3,(H,20,22)(H,21,23)(H,24,25). The molecule has 0 fully saturated rings. The van der Waals surface area contributed by atoms with Crippen LogP contribution < -0.4 is 10.6 Å². The molecule has 2 rings (SSSR count). The minimum absolute atomic E-state index is 0.0234. The summed E-state index contributed by atoms with van der Waals surface area (Å²) in [5.74, 6) is -2.12. The highest BCUT2D eigenvalue weighted by Crippen LogP contribution is 2.18. The Morgan fingerprint density at radius 3 is 2.19 bits per heavy atom. The van der Waals surface area contributed by atoms with E-state index < -0.39 is 11.9 Å². The number of carbonyl (C=O) groups is 3. The molecule has 0 saturated heterocycles. The predicted molar refractivity (Wildman–Crippen MR) is 96.6 cm³/mol. The Balaban J connectivity index is 2.16. The molecule has 0 spiro atoms. The van der Waals surface area contributed by atoms with Crippen LogP contribution in [0, 0.1) is 0 Å². The molecule has 0 saturated carbocycles. The third-order valence-corrected chi connectivity index (χ3v) is 3.63. The van der Waals surface area contributed by atoms with Crippen LogP contribution in [-0.4, -0.2) is 43.2 Å². The van der Waals surface area contributed by atoms with E-state index in [1.54, 1.807) is 43.5 Å². The summed E-state index contributed by atoms with van der Waals surface area (Å²) in [5.41, 5.74) is 0.523. The average Bonchev–Trinajstić information content (AvgIpc) is 2.65. The fourth-order valence-corrected chi connectivity index (χ4v) is 2.36. The highest BCUT2D eigenvalue weighted by atomic mass is 16.5. The lowest BCUT2D eigenvalue weighted by Crippen LogP contribution is -2.27. The second kappa shape index (κ2) is 9.33. The van der Waals surface area contributed by atoms with E-state index >= 15 is 0 Å². The Kier molecular flexibility index (Phi) is 6.87. The van der Waals surface area contributed by atoms with Gasteiger partial charge in [-0.2, -0.15) is 0 Å². The van der Waals surface area contributed by atoms with E-state index in [1.165, 1.54) is 12.1 Å². The van der Waals surface area contributed by atoms with Crippen molar-refractivity contribution in [2.24, 2.45) is 0 Å². The average molecular weight is 356 g/mol. The first-order valence-corrected chi connectivity index (χ1v) is 8.04. The van der Waals surface area contributed by atoms with E-state index in [-0.39, 0.29) is 17.0 Å². The summed E-state index contributed by atoms with van der Waals surface area (Å²) in [6.45, 7) is 0.974. The van der Waals surface area contributed by atoms with Gasteiger partial charge in [-0.05, 0) is 30.7 Å². The molecular formula is C19H20N2O5. The summed E-state index contributed by atoms with van der Waals surface area (Å²) < 4.78 is 4.93. The number of rotatable bonds is 8. The maximum atomic E-state index is 12.5. The van der Waals surface area contributed by atoms with Crippen molar-refractivity contribution in [3.05, 3.63) is 65.2 Å². The van der Waals surface area contributed by atoms with E-state index in [9.17, 15) is 19.5 Å². The predicted octanol–water partition coefficient (Wildman–Crippen LogP) is 2.40. The normalized spacial score (nSPS) is 10.2. The van der Waals surface area contributed by atoms with Crippen LogP contribution in [0.25, 0.3) is 0 Å². The number of hydrogen-bond acceptors (Lipinski definition) is 4. The van der Waals surface area contributed by atoms with Gasteiger partial charge in [0.1, 0.15) is 0 Å². The zero-order valence-corrected chi connectivity index (χ0v) is 14.3. The number of methoxy groups -OCH3 is 1. The molecule has 26 heavy (non-hydrogen) atoms. The van der Waals surface area contributed by atoms with Crippen LogP contribution in [0.15, 0.2) is 48.5 Å². The Bertz CT molecular complexity index is 804. The monoisotopic (exact) mass is 356 g/mol. The van der Waals surface area contributed by atoms with Crippen molar-refractivity contribution >= 4 is 23.5 Å². The smallest absolute Gasteiger partial charge is 0.336 e. The largest absolute Gasteiger partial charge is 0.478 e. The van der Waals surface area contributed by atoms with Gasteiger partial charge in [0.15, 0.2) is 0 Å². The molecule has 0 atom stereocenters. The number of carbonyl (C=O) groups excluding carboxylic acids is 2. The SMILES string of the molecule is COCCCNC(=O)c1ccccc1NC(=O)c1ccccc1C(=O)O. The summed E-state index contributed by atoms with van der Waals surface area (Å²) in [6, 6.07) is 12.4. The number of nitrogens with one attached hydrogen (secondary N) is 2. The maximum Gasteiger partial charge on any atom is 0.336 e. The molecule has 7 heteroatoms. The van der Waals surface area contributed by atoms with Crippen molar-refractivity contribution in [1.29, 1.82) is 0 Å². The van der Waals surface area contributed by atoms with Gasteiger partial charge in [0.25, 0.3) is 11.8 Å². The van der Waals surface area contributed by atoms with E-state index in [0.717, 1.165) is 0 Å². The number of ether oxygens (including phenoxy) is 1. The van der Waals surface area contributed by atoms with Crippen molar-refractivity contribution in [1.82, 2.24) is 5.32 Å². The number of hydrogen-bond donors (Lipinski definition) is 3. The van der Waals surface area contributed by atoms with Gasteiger partial charge in [-0.15, -0.1) is 0 Å². The van der Waals surface area contributed by atoms with Crippen molar-refractivity contribution in [3.63, 3.8) is 0 Å². The Hall–Kier alpha value is -3.19. The number of para-hydroxylation sites is 1. The van der Waals surface area contributed by atoms with Gasteiger partial charge < -0.3 is 20.5 Å². The molecule has 2 aromatic rings. The van der Waals surface area contributed by atoms with Gasteiger partial charge in [0.05, 0.1) is 22.4 Å². The fraction of sp³-hybridized carbons (Fsp3) is 0.211. The molecule has 7 nitrogen and oxygen atoms in total. The molecule has 0 radical (unpaired) electrons. The molecule has 2 aromatic carbocycles. The molecule has 2 amide bonds. The molecule has 0 aliphatic heterocycles. The number of amides is 2. The van der Waals surface area contributed by atoms with Crippen LogP contribution in [0.3, 0.4) is 0 Å². The molecular weight excluding hydrogens is 336 g/mol. The summed E-state index contributed by atoms with van der Waals surface area (Å²) in [5, 5.41) is 14.6. The molecule has 0 aliphatic rings. The van der Waals surface area contributed by atoms with Crippen LogP contribution in [0.5, 0.6) is 0 Å². The van der Waals surface area contributed by atoms with Gasteiger partial charge >= 0.3 is 5.97 Å². The molecule has 0 bridgehead atoms. The van der Waals surface area contributed by atoms with E-state index in [1.807, 2.05) is 0 Å². The minimum atomic E-state index is -1.19. The highest BCUT2D eigenvalue weighted by Gasteiger charge is 2.18. The third kappa shape index (κ3) is 4.90. The molecule has 3 N–H and O–H groups in total. The number of carboxylic acid groups (broad SMARTS) is 1. The summed E-state index contributed by atoms with van der Waals surface area (Å²) in [4.78, 5) is 36.1. The number of benzene rings is 2. The molecule has 0 heterocycles. The molecule has 136 valence electrons. The first-order chi connectivity index (χ1) is 12.5. The fourth-order valence-electron chi connectivity index (χ4n) is 2.36. The van der Waals surface area contributed by atoms with Gasteiger partial charge in [-0.25, -0.2) is 4.79 Å². The minimum Gasteiger partial charge on any atom is -0.478 e. The van der Waals surface area contributed by atoms with Crippen molar-refractivity contribution in [3.8, 4) is 0 Å². The molecule has 0 aliphatic carbocycles. The number of carboxylic acids is 1. The van der Waals surface area contributed by atoms with E-state index in [4.69, 9.17) is 4.74 Å². The van der Waals surface area contributed by atoms with Gasteiger partial charge in [-0.1, -0.05) is 24.3 Å². The lowest BCUT2D eigenvalue weighted by Gasteiger charge is -2.12. The number of anilines is 1. The first-order valence-electron chi connectivity index (χ1n) is 8.04. The Morgan fingerprint density at radius 2 is 1.54 bits per heavy atom. The van der Waals surface area contributed by atoms with E-state index in [2.05, 4.69) is 10.6 Å². The maximum absolute atomic E-state index is 12.5. The lowest BCUT2D eigenvalue weighted by molar-refractivity contribution is 0.0692. The lowest BCUT2D eigenvalue weighted by atomic mass is 10.1. The third-order valence-electron chi connectivity index (χ3n) is 3.63. The molecule has 0 unspecified atom stereocenters. The van der Waals surface area contributed by atoms with Crippen LogP contribution in [0.4, 0.5) is 5.69 Å². The van der Waals surface area contributed by atoms with Crippen molar-refractivity contribution < 1.29 is 24.2 Å². The first kappa shape index (κ1) is 19.1. The Labute approximate surface area is 151 Å². The van der Waals surface area contributed by atoms with Crippen LogP contribution in [0.2, 0.25) is 0 Å². The second-order valence-electron chi connectivity index (χ2n) is 5.45. The quantitative estimate of drug-likeness (QED) is 0.630. The van der Waals surface area contributed by atoms with Crippen LogP contribution in [-0.2, 0) is 4.74 Å². The molecule has 0 aromatic heterocycles. The summed E-state index contributed by atoms with van der Waals surface area (Å²) in [6.07, 6.45) is 0.669. The Morgan fingerprint density at radius 1 is 0.923 bits per heavy atom. The van der Waals surface area contributed by atoms with Crippen LogP contribution in [0.1, 0.15) is 37.5 Å². The topological polar surface area (TPSA) is 105 Å². The summed E-state index contributed by atoms with van der Waals surface area (Å²) >= 11 is 0. The van der Waals surface area contributed by atoms with Crippen molar-refractivity contribution in [2.45, 2.75) is 6.42 Å². The zero-order valence-electron chi connectivity index (χ0n) is 14.3.